The lowest BCUT2D eigenvalue weighted by Crippen LogP contribution is -2.51. The first kappa shape index (κ1) is 47.9. The van der Waals surface area contributed by atoms with E-state index in [1.807, 2.05) is 0 Å². The van der Waals surface area contributed by atoms with Crippen LogP contribution in [0, 0.1) is 10.1 Å². The molecule has 2 rings (SSSR count). The number of ether oxygens (including phenoxy) is 3. The lowest BCUT2D eigenvalue weighted by molar-refractivity contribution is -0.386. The van der Waals surface area contributed by atoms with Gasteiger partial charge in [0.05, 0.1) is 29.8 Å². The molecule has 0 spiro atoms. The number of rotatable bonds is 22. The van der Waals surface area contributed by atoms with Crippen molar-refractivity contribution in [2.45, 2.75) is 142 Å². The van der Waals surface area contributed by atoms with Crippen LogP contribution in [0.4, 0.5) is 10.5 Å². The summed E-state index contributed by atoms with van der Waals surface area (Å²) in [6, 6.07) is 4.27. The first-order valence-corrected chi connectivity index (χ1v) is 37.2. The highest BCUT2D eigenvalue weighted by Gasteiger charge is 2.39. The molecule has 0 aromatic heterocycles. The number of benzene rings is 1. The molecule has 0 saturated carbocycles. The Labute approximate surface area is 327 Å². The Balaban J connectivity index is 2.27. The first-order chi connectivity index (χ1) is 24.4. The molecular weight excluding hydrogens is 801 g/mol. The van der Waals surface area contributed by atoms with Crippen molar-refractivity contribution < 1.29 is 54.8 Å². The molecule has 1 aromatic carbocycles. The van der Waals surface area contributed by atoms with Crippen LogP contribution in [0.3, 0.4) is 0 Å². The third-order valence-electron chi connectivity index (χ3n) is 7.68. The van der Waals surface area contributed by atoms with Gasteiger partial charge in [-0.1, -0.05) is 5.06 Å². The largest absolute Gasteiger partial charge is 0.534 e. The average molecular weight is 865 g/mol. The summed E-state index contributed by atoms with van der Waals surface area (Å²) in [4.78, 5) is 52.9. The molecular formula is C33H64N2O13Si6. The van der Waals surface area contributed by atoms with Crippen LogP contribution >= 0.6 is 0 Å². The van der Waals surface area contributed by atoms with E-state index in [2.05, 4.69) is 91.7 Å². The van der Waals surface area contributed by atoms with E-state index >= 15 is 0 Å². The highest BCUT2D eigenvalue weighted by atomic mass is 28.5. The summed E-state index contributed by atoms with van der Waals surface area (Å²) in [5.74, 6) is -0.939. The number of carbonyl (C=O) groups is 3. The van der Waals surface area contributed by atoms with Crippen molar-refractivity contribution in [1.82, 2.24) is 5.06 Å². The highest BCUT2D eigenvalue weighted by molar-refractivity contribution is 6.88. The number of nitrogens with zero attached hydrogens (tertiary/aromatic N) is 2. The Hall–Kier alpha value is -2.23. The number of carbonyl (C=O) groups excluding carboxylic acids is 3. The van der Waals surface area contributed by atoms with Crippen LogP contribution in [0.2, 0.25) is 104 Å². The predicted molar refractivity (Wildman–Crippen MR) is 221 cm³/mol. The van der Waals surface area contributed by atoms with E-state index in [1.165, 1.54) is 19.1 Å². The Morgan fingerprint density at radius 1 is 0.722 bits per heavy atom. The maximum atomic E-state index is 12.6. The van der Waals surface area contributed by atoms with Crippen molar-refractivity contribution >= 4 is 74.0 Å². The fraction of sp³-hybridized carbons (Fsp3) is 0.727. The zero-order chi connectivity index (χ0) is 41.5. The zero-order valence-electron chi connectivity index (χ0n) is 35.1. The van der Waals surface area contributed by atoms with Gasteiger partial charge in [-0.15, -0.1) is 0 Å². The third-order valence-corrected chi connectivity index (χ3v) is 28.0. The van der Waals surface area contributed by atoms with Crippen molar-refractivity contribution in [3.05, 3.63) is 27.8 Å². The molecule has 0 N–H and O–H groups in total. The van der Waals surface area contributed by atoms with E-state index in [9.17, 15) is 24.5 Å². The molecule has 1 aromatic rings. The average Bonchev–Trinajstić information content (AvgIpc) is 3.25. The van der Waals surface area contributed by atoms with Gasteiger partial charge in [-0.25, -0.2) is 4.79 Å². The number of hydrogen-bond acceptors (Lipinski definition) is 13. The number of amides is 2. The van der Waals surface area contributed by atoms with E-state index < -0.39 is 79.4 Å². The van der Waals surface area contributed by atoms with Crippen LogP contribution < -0.4 is 9.47 Å². The monoisotopic (exact) mass is 864 g/mol. The SMILES string of the molecule is CC(OC(=O)ON1C(=O)CCC1=O)c1cc(OCCC[Si](C)(C)O[Si](C)(C)O[Si](C)(C)C)c(OCCC[Si](C)(C)O[Si](C)(C)O[Si](C)(C)C)cc1[N+](=O)[O-]. The molecule has 0 radical (unpaired) electrons. The smallest absolute Gasteiger partial charge is 0.490 e. The van der Waals surface area contributed by atoms with Gasteiger partial charge in [0.2, 0.25) is 0 Å². The normalized spacial score (nSPS) is 15.4. The summed E-state index contributed by atoms with van der Waals surface area (Å²) in [6.07, 6.45) is -1.46. The molecule has 1 fully saturated rings. The molecule has 15 nitrogen and oxygen atoms in total. The molecule has 54 heavy (non-hydrogen) atoms. The molecule has 308 valence electrons. The number of nitro groups is 1. The number of hydrogen-bond donors (Lipinski definition) is 0. The fourth-order valence-corrected chi connectivity index (χ4v) is 32.9. The van der Waals surface area contributed by atoms with Crippen LogP contribution in [-0.4, -0.2) is 91.6 Å². The minimum Gasteiger partial charge on any atom is -0.490 e. The molecule has 21 heteroatoms. The van der Waals surface area contributed by atoms with Crippen molar-refractivity contribution in [1.29, 1.82) is 0 Å². The van der Waals surface area contributed by atoms with Gasteiger partial charge in [0.1, 0.15) is 6.10 Å². The first-order valence-electron chi connectivity index (χ1n) is 18.5. The molecule has 1 heterocycles. The summed E-state index contributed by atoms with van der Waals surface area (Å²) >= 11 is 0. The van der Waals surface area contributed by atoms with Crippen LogP contribution in [0.5, 0.6) is 11.5 Å². The van der Waals surface area contributed by atoms with Gasteiger partial charge in [0, 0.05) is 12.8 Å². The van der Waals surface area contributed by atoms with E-state index in [1.54, 1.807) is 0 Å². The van der Waals surface area contributed by atoms with Crippen LogP contribution in [0.25, 0.3) is 0 Å². The van der Waals surface area contributed by atoms with Gasteiger partial charge >= 0.3 is 23.3 Å². The Kier molecular flexibility index (Phi) is 16.7. The fourth-order valence-electron chi connectivity index (χ4n) is 6.55. The van der Waals surface area contributed by atoms with Crippen LogP contribution in [0.15, 0.2) is 12.1 Å². The van der Waals surface area contributed by atoms with Gasteiger partial charge in [0.25, 0.3) is 17.5 Å². The minimum atomic E-state index is -2.34. The number of nitro benzene ring substituents is 1. The molecule has 1 saturated heterocycles. The Morgan fingerprint density at radius 2 is 1.13 bits per heavy atom. The van der Waals surface area contributed by atoms with Crippen molar-refractivity contribution in [2.75, 3.05) is 13.2 Å². The summed E-state index contributed by atoms with van der Waals surface area (Å²) in [5.41, 5.74) is -0.346. The highest BCUT2D eigenvalue weighted by Crippen LogP contribution is 2.39. The Morgan fingerprint density at radius 3 is 1.52 bits per heavy atom. The van der Waals surface area contributed by atoms with E-state index in [0.29, 0.717) is 17.9 Å². The van der Waals surface area contributed by atoms with Gasteiger partial charge in [-0.2, -0.15) is 0 Å². The van der Waals surface area contributed by atoms with E-state index in [0.717, 1.165) is 12.1 Å². The third kappa shape index (κ3) is 17.3. The second kappa shape index (κ2) is 18.8. The van der Waals surface area contributed by atoms with Gasteiger partial charge < -0.3 is 30.7 Å². The van der Waals surface area contributed by atoms with Gasteiger partial charge in [-0.3, -0.25) is 24.5 Å². The van der Waals surface area contributed by atoms with Crippen molar-refractivity contribution in [3.63, 3.8) is 0 Å². The molecule has 1 unspecified atom stereocenters. The van der Waals surface area contributed by atoms with Crippen molar-refractivity contribution in [2.24, 2.45) is 0 Å². The van der Waals surface area contributed by atoms with Gasteiger partial charge in [0.15, 0.2) is 44.8 Å². The summed E-state index contributed by atoms with van der Waals surface area (Å²) in [7, 11) is -12.5. The maximum absolute atomic E-state index is 12.6. The topological polar surface area (TPSA) is 171 Å². The maximum Gasteiger partial charge on any atom is 0.534 e. The molecule has 0 bridgehead atoms. The minimum absolute atomic E-state index is 0.0178. The Bertz CT molecular complexity index is 1480. The lowest BCUT2D eigenvalue weighted by atomic mass is 10.1. The predicted octanol–water partition coefficient (Wildman–Crippen LogP) is 8.96. The number of imide groups is 1. The molecule has 1 atom stereocenters. The van der Waals surface area contributed by atoms with Gasteiger partial charge in [-0.05, 0) is 130 Å². The summed E-state index contributed by atoms with van der Waals surface area (Å²) in [5, 5.41) is 12.7. The second-order valence-corrected chi connectivity index (χ2v) is 43.0. The summed E-state index contributed by atoms with van der Waals surface area (Å²) < 4.78 is 43.7. The zero-order valence-corrected chi connectivity index (χ0v) is 41.1. The number of hydroxylamine groups is 2. The second-order valence-electron chi connectivity index (χ2n) is 17.7. The van der Waals surface area contributed by atoms with Crippen LogP contribution in [-0.2, 0) is 35.6 Å². The summed E-state index contributed by atoms with van der Waals surface area (Å²) in [6.45, 7) is 31.8. The van der Waals surface area contributed by atoms with E-state index in [4.69, 9.17) is 35.5 Å². The lowest BCUT2D eigenvalue weighted by Gasteiger charge is -2.37. The molecule has 1 aliphatic rings. The van der Waals surface area contributed by atoms with E-state index in [-0.39, 0.29) is 48.8 Å². The van der Waals surface area contributed by atoms with Crippen LogP contribution in [0.1, 0.15) is 44.3 Å². The quantitative estimate of drug-likeness (QED) is 0.0270. The molecule has 1 aliphatic heterocycles. The van der Waals surface area contributed by atoms with Crippen molar-refractivity contribution in [3.8, 4) is 11.5 Å². The molecule has 2 amide bonds. The molecule has 0 aliphatic carbocycles. The standard InChI is InChI=1S/C33H64N2O13Si6/c1-26(43-33(38)44-34-31(36)18-19-32(34)37)27-24-29(41-20-16-22-51(8,9)47-53(12,13)45-49(2,3)4)30(25-28(27)35(39)40)42-21-17-23-52(10,11)48-54(14,15)46-50(5,6)7/h24-26H,16-23H2,1-15H3.